The first-order chi connectivity index (χ1) is 12.0. The third-order valence-corrected chi connectivity index (χ3v) is 4.66. The number of nitrogens with zero attached hydrogens (tertiary/aromatic N) is 2. The van der Waals surface area contributed by atoms with E-state index in [1.807, 2.05) is 26.8 Å². The molecule has 1 aromatic rings. The lowest BCUT2D eigenvalue weighted by atomic mass is 9.83. The van der Waals surface area contributed by atoms with E-state index in [-0.39, 0.29) is 18.2 Å². The van der Waals surface area contributed by atoms with Crippen LogP contribution in [0.4, 0.5) is 18.0 Å². The van der Waals surface area contributed by atoms with Crippen LogP contribution < -0.4 is 0 Å². The zero-order valence-corrected chi connectivity index (χ0v) is 15.1. The van der Waals surface area contributed by atoms with E-state index in [2.05, 4.69) is 4.98 Å². The maximum atomic E-state index is 12.9. The smallest absolute Gasteiger partial charge is 0.433 e. The summed E-state index contributed by atoms with van der Waals surface area (Å²) in [6, 6.07) is 2.49. The summed E-state index contributed by atoms with van der Waals surface area (Å²) in [7, 11) is 0. The van der Waals surface area contributed by atoms with Gasteiger partial charge in [0.15, 0.2) is 0 Å². The molecule has 2 aliphatic heterocycles. The molecule has 26 heavy (non-hydrogen) atoms. The van der Waals surface area contributed by atoms with Crippen LogP contribution in [0.15, 0.2) is 24.4 Å². The molecule has 3 rings (SSSR count). The Morgan fingerprint density at radius 3 is 2.62 bits per heavy atom. The highest BCUT2D eigenvalue weighted by Crippen LogP contribution is 2.39. The van der Waals surface area contributed by atoms with Crippen LogP contribution in [0, 0.1) is 0 Å². The summed E-state index contributed by atoms with van der Waals surface area (Å²) in [4.78, 5) is 17.8. The van der Waals surface area contributed by atoms with E-state index in [0.717, 1.165) is 30.9 Å². The van der Waals surface area contributed by atoms with Crippen LogP contribution in [0.2, 0.25) is 0 Å². The maximum absolute atomic E-state index is 12.9. The molecule has 2 bridgehead atoms. The number of carbonyl (C=O) groups is 1. The van der Waals surface area contributed by atoms with Gasteiger partial charge in [-0.15, -0.1) is 0 Å². The minimum Gasteiger partial charge on any atom is -0.444 e. The molecule has 1 fully saturated rings. The van der Waals surface area contributed by atoms with Crippen LogP contribution in [-0.4, -0.2) is 33.7 Å². The van der Waals surface area contributed by atoms with E-state index in [9.17, 15) is 18.0 Å². The Labute approximate surface area is 151 Å². The fourth-order valence-corrected chi connectivity index (χ4v) is 3.63. The van der Waals surface area contributed by atoms with E-state index in [1.165, 1.54) is 6.20 Å². The van der Waals surface area contributed by atoms with Gasteiger partial charge in [0.2, 0.25) is 0 Å². The molecule has 2 unspecified atom stereocenters. The highest BCUT2D eigenvalue weighted by Gasteiger charge is 2.40. The van der Waals surface area contributed by atoms with E-state index >= 15 is 0 Å². The maximum Gasteiger partial charge on any atom is 0.433 e. The van der Waals surface area contributed by atoms with E-state index in [0.29, 0.717) is 12.0 Å². The summed E-state index contributed by atoms with van der Waals surface area (Å²) in [5.41, 5.74) is -0.113. The van der Waals surface area contributed by atoms with E-state index in [4.69, 9.17) is 4.74 Å². The molecule has 2 aliphatic rings. The average Bonchev–Trinajstić information content (AvgIpc) is 2.51. The molecular formula is C19H23F3N2O2. The zero-order valence-electron chi connectivity index (χ0n) is 15.1. The number of fused-ring (bicyclic) bond motifs is 2. The van der Waals surface area contributed by atoms with Gasteiger partial charge in [0, 0.05) is 12.2 Å². The van der Waals surface area contributed by atoms with Gasteiger partial charge in [0.1, 0.15) is 11.3 Å². The summed E-state index contributed by atoms with van der Waals surface area (Å²) >= 11 is 0. The van der Waals surface area contributed by atoms with Crippen molar-refractivity contribution in [2.24, 2.45) is 0 Å². The molecule has 0 aliphatic carbocycles. The normalized spacial score (nSPS) is 23.5. The largest absolute Gasteiger partial charge is 0.444 e. The molecule has 0 N–H and O–H groups in total. The van der Waals surface area contributed by atoms with Crippen molar-refractivity contribution in [3.63, 3.8) is 0 Å². The van der Waals surface area contributed by atoms with Crippen molar-refractivity contribution in [3.8, 4) is 0 Å². The number of carbonyl (C=O) groups excluding carboxylic acids is 1. The number of piperidine rings is 1. The standard InChI is InChI=1S/C19H23F3N2O2/c1-18(2,3)26-17(25)24-14-5-4-6-15(24)10-13(9-14)12-7-8-23-16(11-12)19(20,21)22/h7-9,11,14-15H,4-6,10H2,1-3H3. The van der Waals surface area contributed by atoms with Crippen molar-refractivity contribution >= 4 is 11.7 Å². The predicted octanol–water partition coefficient (Wildman–Crippen LogP) is 5.05. The summed E-state index contributed by atoms with van der Waals surface area (Å²) in [6.07, 6.45) is 1.40. The van der Waals surface area contributed by atoms with Crippen molar-refractivity contribution in [1.82, 2.24) is 9.88 Å². The van der Waals surface area contributed by atoms with Gasteiger partial charge in [0.05, 0.1) is 6.04 Å². The number of pyridine rings is 1. The topological polar surface area (TPSA) is 42.4 Å². The molecule has 7 heteroatoms. The molecule has 4 nitrogen and oxygen atoms in total. The number of ether oxygens (including phenoxy) is 1. The first-order valence-corrected chi connectivity index (χ1v) is 8.80. The van der Waals surface area contributed by atoms with Crippen LogP contribution in [0.5, 0.6) is 0 Å². The predicted molar refractivity (Wildman–Crippen MR) is 91.3 cm³/mol. The quantitative estimate of drug-likeness (QED) is 0.697. The molecule has 0 aromatic carbocycles. The molecule has 1 aromatic heterocycles. The molecular weight excluding hydrogens is 345 g/mol. The summed E-state index contributed by atoms with van der Waals surface area (Å²) in [5, 5.41) is 0. The summed E-state index contributed by atoms with van der Waals surface area (Å²) < 4.78 is 44.3. The van der Waals surface area contributed by atoms with Gasteiger partial charge >= 0.3 is 12.3 Å². The summed E-state index contributed by atoms with van der Waals surface area (Å²) in [6.45, 7) is 5.46. The van der Waals surface area contributed by atoms with E-state index < -0.39 is 17.5 Å². The number of alkyl halides is 3. The van der Waals surface area contributed by atoms with Crippen molar-refractivity contribution < 1.29 is 22.7 Å². The molecule has 142 valence electrons. The van der Waals surface area contributed by atoms with Crippen LogP contribution >= 0.6 is 0 Å². The van der Waals surface area contributed by atoms with Crippen LogP contribution in [0.1, 0.15) is 57.7 Å². The van der Waals surface area contributed by atoms with Gasteiger partial charge in [-0.3, -0.25) is 9.88 Å². The summed E-state index contributed by atoms with van der Waals surface area (Å²) in [5.74, 6) is 0. The molecule has 0 saturated carbocycles. The van der Waals surface area contributed by atoms with E-state index in [1.54, 1.807) is 11.0 Å². The van der Waals surface area contributed by atoms with Gasteiger partial charge in [0.25, 0.3) is 0 Å². The monoisotopic (exact) mass is 368 g/mol. The third kappa shape index (κ3) is 4.02. The molecule has 3 heterocycles. The fourth-order valence-electron chi connectivity index (χ4n) is 3.63. The second kappa shape index (κ2) is 6.59. The number of aromatic nitrogens is 1. The molecule has 2 atom stereocenters. The Kier molecular flexibility index (Phi) is 4.75. The average molecular weight is 368 g/mol. The van der Waals surface area contributed by atoms with Gasteiger partial charge < -0.3 is 4.74 Å². The van der Waals surface area contributed by atoms with Gasteiger partial charge in [-0.25, -0.2) is 4.79 Å². The minimum absolute atomic E-state index is 0.0499. The highest BCUT2D eigenvalue weighted by molar-refractivity contribution is 5.74. The Morgan fingerprint density at radius 1 is 1.27 bits per heavy atom. The van der Waals surface area contributed by atoms with Gasteiger partial charge in [-0.2, -0.15) is 13.2 Å². The number of halogens is 3. The Bertz CT molecular complexity index is 722. The van der Waals surface area contributed by atoms with Gasteiger partial charge in [-0.1, -0.05) is 6.08 Å². The first-order valence-electron chi connectivity index (χ1n) is 8.80. The van der Waals surface area contributed by atoms with Crippen LogP contribution in [0.25, 0.3) is 5.57 Å². The van der Waals surface area contributed by atoms with Crippen molar-refractivity contribution in [1.29, 1.82) is 0 Å². The lowest BCUT2D eigenvalue weighted by Gasteiger charge is -2.45. The first kappa shape index (κ1) is 18.7. The lowest BCUT2D eigenvalue weighted by molar-refractivity contribution is -0.141. The number of amides is 1. The van der Waals surface area contributed by atoms with Gasteiger partial charge in [-0.05, 0) is 69.7 Å². The highest BCUT2D eigenvalue weighted by atomic mass is 19.4. The minimum atomic E-state index is -4.47. The van der Waals surface area contributed by atoms with Crippen molar-refractivity contribution in [3.05, 3.63) is 35.7 Å². The number of rotatable bonds is 1. The lowest BCUT2D eigenvalue weighted by Crippen LogP contribution is -2.53. The second-order valence-electron chi connectivity index (χ2n) is 7.86. The molecule has 1 amide bonds. The fraction of sp³-hybridized carbons (Fsp3) is 0.579. The second-order valence-corrected chi connectivity index (χ2v) is 7.86. The Hall–Kier alpha value is -2.05. The number of hydrogen-bond donors (Lipinski definition) is 0. The molecule has 0 spiro atoms. The van der Waals surface area contributed by atoms with Crippen LogP contribution in [0.3, 0.4) is 0 Å². The van der Waals surface area contributed by atoms with Crippen molar-refractivity contribution in [2.75, 3.05) is 0 Å². The number of hydrogen-bond acceptors (Lipinski definition) is 3. The third-order valence-electron chi connectivity index (χ3n) is 4.66. The Balaban J connectivity index is 1.88. The zero-order chi connectivity index (χ0) is 19.1. The Morgan fingerprint density at radius 2 is 2.00 bits per heavy atom. The molecule has 1 saturated heterocycles. The van der Waals surface area contributed by atoms with Crippen molar-refractivity contribution in [2.45, 2.75) is 70.3 Å². The molecule has 0 radical (unpaired) electrons. The van der Waals surface area contributed by atoms with Crippen LogP contribution in [-0.2, 0) is 10.9 Å². The SMILES string of the molecule is CC(C)(C)OC(=O)N1C2C=C(c3ccnc(C(F)(F)F)c3)CC1CCC2.